The molecule has 0 aliphatic rings. The molecule has 0 aliphatic heterocycles. The normalized spacial score (nSPS) is 11.0. The van der Waals surface area contributed by atoms with Crippen LogP contribution in [0.2, 0.25) is 16.6 Å². The first-order valence-corrected chi connectivity index (χ1v) is 13.5. The minimum Gasteiger partial charge on any atom is -0.468 e. The first-order chi connectivity index (χ1) is 15.6. The van der Waals surface area contributed by atoms with Gasteiger partial charge in [-0.25, -0.2) is 0 Å². The number of hydrogen-bond acceptors (Lipinski definition) is 4. The van der Waals surface area contributed by atoms with Gasteiger partial charge in [-0.05, 0) is 40.6 Å². The molecule has 0 saturated carbocycles. The molecule has 0 heterocycles. The van der Waals surface area contributed by atoms with Crippen LogP contribution in [0.1, 0.15) is 59.9 Å². The summed E-state index contributed by atoms with van der Waals surface area (Å²) in [5.74, 6) is 13.3. The lowest BCUT2D eigenvalue weighted by molar-refractivity contribution is -0.168. The average molecular weight is 465 g/mol. The van der Waals surface area contributed by atoms with Gasteiger partial charge < -0.3 is 9.47 Å². The maximum absolute atomic E-state index is 12.7. The van der Waals surface area contributed by atoms with Gasteiger partial charge in [0.2, 0.25) is 0 Å². The van der Waals surface area contributed by atoms with Crippen LogP contribution in [-0.4, -0.2) is 34.2 Å². The molecule has 4 nitrogen and oxygen atoms in total. The van der Waals surface area contributed by atoms with Crippen molar-refractivity contribution in [3.05, 3.63) is 35.9 Å². The molecule has 0 aromatic heterocycles. The van der Waals surface area contributed by atoms with E-state index >= 15 is 0 Å². The van der Waals surface area contributed by atoms with Crippen LogP contribution >= 0.6 is 0 Å². The van der Waals surface area contributed by atoms with Gasteiger partial charge in [-0.2, -0.15) is 0 Å². The van der Waals surface area contributed by atoms with E-state index in [1.54, 1.807) is 0 Å². The van der Waals surface area contributed by atoms with Gasteiger partial charge in [-0.1, -0.05) is 77.5 Å². The van der Waals surface area contributed by atoms with E-state index in [-0.39, 0.29) is 12.8 Å². The van der Waals surface area contributed by atoms with E-state index in [1.807, 2.05) is 30.3 Å². The second kappa shape index (κ2) is 12.9. The Bertz CT molecular complexity index is 951. The molecular weight excluding hydrogens is 428 g/mol. The third-order valence-electron chi connectivity index (χ3n) is 6.24. The van der Waals surface area contributed by atoms with Crippen LogP contribution in [0.25, 0.3) is 0 Å². The molecule has 0 bridgehead atoms. The molecule has 1 aromatic carbocycles. The average Bonchev–Trinajstić information content (AvgIpc) is 2.79. The number of ether oxygens (including phenoxy) is 2. The lowest BCUT2D eigenvalue weighted by atomic mass is 9.81. The summed E-state index contributed by atoms with van der Waals surface area (Å²) in [7, 11) is 0.575. The van der Waals surface area contributed by atoms with Crippen molar-refractivity contribution in [2.45, 2.75) is 71.0 Å². The first-order valence-electron chi connectivity index (χ1n) is 11.3. The summed E-state index contributed by atoms with van der Waals surface area (Å²) in [6, 6.07) is 9.35. The van der Waals surface area contributed by atoms with E-state index in [1.165, 1.54) is 14.2 Å². The molecule has 0 aliphatic carbocycles. The molecule has 0 spiro atoms. The summed E-state index contributed by atoms with van der Waals surface area (Å²) in [5, 5.41) is 0. The SMILES string of the molecule is COC(=O)C(CC#CC#C[Si](C(C)C)(C(C)C)C(C)C)(CC#Cc1ccccc1)C(=O)OC. The highest BCUT2D eigenvalue weighted by Crippen LogP contribution is 2.40. The van der Waals surface area contributed by atoms with E-state index in [0.717, 1.165) is 5.56 Å². The Morgan fingerprint density at radius 1 is 0.818 bits per heavy atom. The molecule has 0 unspecified atom stereocenters. The summed E-state index contributed by atoms with van der Waals surface area (Å²) in [6.45, 7) is 13.4. The maximum Gasteiger partial charge on any atom is 0.325 e. The quantitative estimate of drug-likeness (QED) is 0.235. The highest BCUT2D eigenvalue weighted by molar-refractivity contribution is 6.90. The second-order valence-electron chi connectivity index (χ2n) is 9.04. The largest absolute Gasteiger partial charge is 0.468 e. The fraction of sp³-hybridized carbons (Fsp3) is 0.500. The fourth-order valence-corrected chi connectivity index (χ4v) is 9.60. The molecule has 0 atom stereocenters. The Morgan fingerprint density at radius 2 is 1.30 bits per heavy atom. The van der Waals surface area contributed by atoms with Crippen molar-refractivity contribution in [2.24, 2.45) is 5.41 Å². The molecule has 0 radical (unpaired) electrons. The number of hydrogen-bond donors (Lipinski definition) is 0. The van der Waals surface area contributed by atoms with Crippen molar-refractivity contribution >= 4 is 20.0 Å². The minimum absolute atomic E-state index is 0.0635. The molecule has 0 amide bonds. The number of carbonyl (C=O) groups is 2. The standard InChI is InChI=1S/C28H36O4Si/c1-22(2)33(23(3)4,24(5)6)21-14-10-13-19-28(26(29)31-7,27(30)32-8)20-15-18-25-16-11-9-12-17-25/h9,11-12,16-17,22-24H,19-20H2,1-8H3. The van der Waals surface area contributed by atoms with Crippen molar-refractivity contribution in [3.8, 4) is 35.1 Å². The molecule has 1 aromatic rings. The summed E-state index contributed by atoms with van der Waals surface area (Å²) in [4.78, 5) is 25.4. The Kier molecular flexibility index (Phi) is 11.0. The topological polar surface area (TPSA) is 52.6 Å². The van der Waals surface area contributed by atoms with E-state index in [2.05, 4.69) is 76.7 Å². The van der Waals surface area contributed by atoms with Crippen molar-refractivity contribution in [1.29, 1.82) is 0 Å². The lowest BCUT2D eigenvalue weighted by Crippen LogP contribution is -2.43. The predicted molar refractivity (Wildman–Crippen MR) is 136 cm³/mol. The van der Waals surface area contributed by atoms with Gasteiger partial charge in [-0.15, -0.1) is 5.54 Å². The van der Waals surface area contributed by atoms with Crippen LogP contribution in [0.5, 0.6) is 0 Å². The monoisotopic (exact) mass is 464 g/mol. The van der Waals surface area contributed by atoms with Crippen molar-refractivity contribution in [2.75, 3.05) is 14.2 Å². The van der Waals surface area contributed by atoms with Gasteiger partial charge in [0, 0.05) is 18.4 Å². The van der Waals surface area contributed by atoms with Gasteiger partial charge in [0.05, 0.1) is 14.2 Å². The Balaban J connectivity index is 3.31. The Labute approximate surface area is 200 Å². The van der Waals surface area contributed by atoms with Crippen LogP contribution in [0.4, 0.5) is 0 Å². The van der Waals surface area contributed by atoms with Crippen molar-refractivity contribution in [1.82, 2.24) is 0 Å². The van der Waals surface area contributed by atoms with Crippen LogP contribution in [-0.2, 0) is 19.1 Å². The Hall–Kier alpha value is -2.94. The fourth-order valence-electron chi connectivity index (χ4n) is 4.46. The van der Waals surface area contributed by atoms with Gasteiger partial charge >= 0.3 is 11.9 Å². The number of methoxy groups -OCH3 is 2. The van der Waals surface area contributed by atoms with E-state index in [9.17, 15) is 9.59 Å². The molecule has 0 fully saturated rings. The zero-order valence-corrected chi connectivity index (χ0v) is 22.2. The zero-order valence-electron chi connectivity index (χ0n) is 21.2. The van der Waals surface area contributed by atoms with E-state index in [0.29, 0.717) is 16.6 Å². The zero-order chi connectivity index (χ0) is 25.1. The van der Waals surface area contributed by atoms with Crippen LogP contribution < -0.4 is 0 Å². The second-order valence-corrected chi connectivity index (χ2v) is 14.6. The molecule has 1 rings (SSSR count). The number of esters is 2. The Morgan fingerprint density at radius 3 is 1.76 bits per heavy atom. The van der Waals surface area contributed by atoms with Crippen LogP contribution in [0.3, 0.4) is 0 Å². The number of benzene rings is 1. The summed E-state index contributed by atoms with van der Waals surface area (Å²) in [6.07, 6.45) is -0.143. The molecular formula is C28H36O4Si. The lowest BCUT2D eigenvalue weighted by Gasteiger charge is -2.37. The molecule has 0 saturated heterocycles. The predicted octanol–water partition coefficient (Wildman–Crippen LogP) is 5.38. The summed E-state index contributed by atoms with van der Waals surface area (Å²) < 4.78 is 9.89. The highest BCUT2D eigenvalue weighted by atomic mass is 28.3. The van der Waals surface area contributed by atoms with Gasteiger partial charge in [0.15, 0.2) is 5.41 Å². The number of carbonyl (C=O) groups excluding carboxylic acids is 2. The summed E-state index contributed by atoms with van der Waals surface area (Å²) >= 11 is 0. The third-order valence-corrected chi connectivity index (χ3v) is 12.5. The van der Waals surface area contributed by atoms with Gasteiger partial charge in [-0.3, -0.25) is 9.59 Å². The smallest absolute Gasteiger partial charge is 0.325 e. The van der Waals surface area contributed by atoms with Crippen LogP contribution in [0, 0.1) is 40.6 Å². The van der Waals surface area contributed by atoms with Crippen molar-refractivity contribution < 1.29 is 19.1 Å². The molecule has 176 valence electrons. The molecule has 5 heteroatoms. The van der Waals surface area contributed by atoms with Gasteiger partial charge in [0.25, 0.3) is 0 Å². The van der Waals surface area contributed by atoms with Crippen molar-refractivity contribution in [3.63, 3.8) is 0 Å². The van der Waals surface area contributed by atoms with E-state index < -0.39 is 25.4 Å². The third kappa shape index (κ3) is 6.77. The van der Waals surface area contributed by atoms with E-state index in [4.69, 9.17) is 9.47 Å². The van der Waals surface area contributed by atoms with Gasteiger partial charge in [0.1, 0.15) is 8.07 Å². The molecule has 33 heavy (non-hydrogen) atoms. The molecule has 0 N–H and O–H groups in total. The number of rotatable bonds is 7. The van der Waals surface area contributed by atoms with Crippen LogP contribution in [0.15, 0.2) is 30.3 Å². The maximum atomic E-state index is 12.7. The minimum atomic E-state index is -1.91. The first kappa shape index (κ1) is 28.1. The summed E-state index contributed by atoms with van der Waals surface area (Å²) in [5.41, 5.74) is 4.16. The highest BCUT2D eigenvalue weighted by Gasteiger charge is 2.47.